The summed E-state index contributed by atoms with van der Waals surface area (Å²) in [5.41, 5.74) is 0. The van der Waals surface area contributed by atoms with Gasteiger partial charge in [0, 0.05) is 19.3 Å². The van der Waals surface area contributed by atoms with Crippen molar-refractivity contribution in [3.8, 4) is 0 Å². The number of ether oxygens (including phenoxy) is 3. The maximum atomic E-state index is 12.8. The third kappa shape index (κ3) is 49.7. The Hall–Kier alpha value is -1.59. The molecular formula is C57H110O6. The van der Waals surface area contributed by atoms with E-state index in [4.69, 9.17) is 14.2 Å². The molecule has 0 aliphatic rings. The van der Waals surface area contributed by atoms with Gasteiger partial charge in [0.15, 0.2) is 6.10 Å². The molecule has 0 heterocycles. The van der Waals surface area contributed by atoms with Crippen molar-refractivity contribution in [2.75, 3.05) is 13.2 Å². The van der Waals surface area contributed by atoms with Gasteiger partial charge in [0.05, 0.1) is 0 Å². The molecule has 0 aromatic heterocycles. The fraction of sp³-hybridized carbons (Fsp3) is 0.947. The van der Waals surface area contributed by atoms with Crippen molar-refractivity contribution in [3.05, 3.63) is 0 Å². The van der Waals surface area contributed by atoms with Gasteiger partial charge in [-0.15, -0.1) is 0 Å². The van der Waals surface area contributed by atoms with Crippen LogP contribution in [-0.4, -0.2) is 37.2 Å². The lowest BCUT2D eigenvalue weighted by atomic mass is 9.99. The zero-order valence-electron chi connectivity index (χ0n) is 43.2. The van der Waals surface area contributed by atoms with Gasteiger partial charge in [0.1, 0.15) is 13.2 Å². The van der Waals surface area contributed by atoms with E-state index >= 15 is 0 Å². The van der Waals surface area contributed by atoms with E-state index in [2.05, 4.69) is 34.6 Å². The number of rotatable bonds is 51. The summed E-state index contributed by atoms with van der Waals surface area (Å²) in [4.78, 5) is 38.1. The molecule has 2 atom stereocenters. The smallest absolute Gasteiger partial charge is 0.306 e. The van der Waals surface area contributed by atoms with Crippen molar-refractivity contribution < 1.29 is 28.6 Å². The third-order valence-corrected chi connectivity index (χ3v) is 13.3. The van der Waals surface area contributed by atoms with Crippen molar-refractivity contribution in [2.24, 2.45) is 11.8 Å². The molecule has 1 unspecified atom stereocenters. The molecule has 0 saturated carbocycles. The molecule has 6 nitrogen and oxygen atoms in total. The summed E-state index contributed by atoms with van der Waals surface area (Å²) in [6.07, 6.45) is 52.2. The largest absolute Gasteiger partial charge is 0.462 e. The first-order valence-corrected chi connectivity index (χ1v) is 28.3. The summed E-state index contributed by atoms with van der Waals surface area (Å²) in [5, 5.41) is 0. The van der Waals surface area contributed by atoms with Crippen LogP contribution in [0.3, 0.4) is 0 Å². The minimum Gasteiger partial charge on any atom is -0.462 e. The Morgan fingerprint density at radius 3 is 0.905 bits per heavy atom. The Morgan fingerprint density at radius 2 is 0.603 bits per heavy atom. The van der Waals surface area contributed by atoms with Crippen LogP contribution in [0.5, 0.6) is 0 Å². The molecule has 0 amide bonds. The van der Waals surface area contributed by atoms with Gasteiger partial charge in [0.2, 0.25) is 0 Å². The number of unbranched alkanes of at least 4 members (excludes halogenated alkanes) is 35. The van der Waals surface area contributed by atoms with E-state index in [1.54, 1.807) is 0 Å². The highest BCUT2D eigenvalue weighted by atomic mass is 16.6. The monoisotopic (exact) mass is 891 g/mol. The van der Waals surface area contributed by atoms with Gasteiger partial charge in [0.25, 0.3) is 0 Å². The predicted octanol–water partition coefficient (Wildman–Crippen LogP) is 18.5. The molecular weight excluding hydrogens is 781 g/mol. The van der Waals surface area contributed by atoms with Crippen LogP contribution in [-0.2, 0) is 28.6 Å². The van der Waals surface area contributed by atoms with E-state index in [9.17, 15) is 14.4 Å². The summed E-state index contributed by atoms with van der Waals surface area (Å²) in [6, 6.07) is 0. The number of esters is 3. The molecule has 0 aliphatic heterocycles. The summed E-state index contributed by atoms with van der Waals surface area (Å²) < 4.78 is 16.9. The van der Waals surface area contributed by atoms with Crippen LogP contribution < -0.4 is 0 Å². The molecule has 374 valence electrons. The number of hydrogen-bond donors (Lipinski definition) is 0. The minimum atomic E-state index is -0.762. The molecule has 6 heteroatoms. The molecule has 0 aromatic rings. The maximum Gasteiger partial charge on any atom is 0.306 e. The first-order valence-electron chi connectivity index (χ1n) is 28.3. The molecule has 0 N–H and O–H groups in total. The standard InChI is InChI=1S/C57H110O6/c1-6-8-9-10-11-12-20-27-32-37-42-47-55(58)61-50-54(51-62-56(59)48-43-38-33-28-23-19-15-16-21-25-30-35-40-45-52(3)4)63-57(60)49-44-39-34-29-24-18-14-13-17-22-26-31-36-41-46-53(5)7-2/h52-54H,6-51H2,1-5H3/t53?,54-/m1/s1. The predicted molar refractivity (Wildman–Crippen MR) is 270 cm³/mol. The normalized spacial score (nSPS) is 12.5. The van der Waals surface area contributed by atoms with Crippen LogP contribution in [0.2, 0.25) is 0 Å². The fourth-order valence-corrected chi connectivity index (χ4v) is 8.66. The van der Waals surface area contributed by atoms with Crippen LogP contribution in [0.4, 0.5) is 0 Å². The Labute approximate surface area is 393 Å². The second-order valence-corrected chi connectivity index (χ2v) is 20.3. The van der Waals surface area contributed by atoms with Crippen molar-refractivity contribution in [1.82, 2.24) is 0 Å². The SMILES string of the molecule is CCCCCCCCCCCCCC(=O)OC[C@H](COC(=O)CCCCCCCCCCCCCCCC(C)C)OC(=O)CCCCCCCCCCCCCCCCC(C)CC. The molecule has 0 fully saturated rings. The molecule has 0 aromatic carbocycles. The molecule has 0 radical (unpaired) electrons. The highest BCUT2D eigenvalue weighted by molar-refractivity contribution is 5.71. The van der Waals surface area contributed by atoms with E-state index in [1.807, 2.05) is 0 Å². The lowest BCUT2D eigenvalue weighted by Gasteiger charge is -2.18. The van der Waals surface area contributed by atoms with E-state index < -0.39 is 6.10 Å². The van der Waals surface area contributed by atoms with E-state index in [0.29, 0.717) is 19.3 Å². The molecule has 0 spiro atoms. The van der Waals surface area contributed by atoms with Gasteiger partial charge in [-0.1, -0.05) is 279 Å². The lowest BCUT2D eigenvalue weighted by molar-refractivity contribution is -0.167. The van der Waals surface area contributed by atoms with Crippen LogP contribution >= 0.6 is 0 Å². The molecule has 0 bridgehead atoms. The minimum absolute atomic E-state index is 0.0629. The number of carbonyl (C=O) groups excluding carboxylic acids is 3. The number of carbonyl (C=O) groups is 3. The average Bonchev–Trinajstić information content (AvgIpc) is 3.27. The Morgan fingerprint density at radius 1 is 0.333 bits per heavy atom. The molecule has 0 aliphatic carbocycles. The summed E-state index contributed by atoms with van der Waals surface area (Å²) in [5.74, 6) is 0.893. The topological polar surface area (TPSA) is 78.9 Å². The van der Waals surface area contributed by atoms with Crippen molar-refractivity contribution >= 4 is 17.9 Å². The van der Waals surface area contributed by atoms with E-state index in [0.717, 1.165) is 69.6 Å². The average molecular weight is 892 g/mol. The van der Waals surface area contributed by atoms with E-state index in [-0.39, 0.29) is 31.1 Å². The van der Waals surface area contributed by atoms with Gasteiger partial charge in [-0.2, -0.15) is 0 Å². The molecule has 63 heavy (non-hydrogen) atoms. The first kappa shape index (κ1) is 61.4. The van der Waals surface area contributed by atoms with Crippen LogP contribution in [0.15, 0.2) is 0 Å². The van der Waals surface area contributed by atoms with Gasteiger partial charge >= 0.3 is 17.9 Å². The maximum absolute atomic E-state index is 12.8. The van der Waals surface area contributed by atoms with Gasteiger partial charge in [-0.3, -0.25) is 14.4 Å². The highest BCUT2D eigenvalue weighted by Gasteiger charge is 2.19. The van der Waals surface area contributed by atoms with Crippen molar-refractivity contribution in [2.45, 2.75) is 323 Å². The highest BCUT2D eigenvalue weighted by Crippen LogP contribution is 2.18. The quantitative estimate of drug-likeness (QED) is 0.0344. The van der Waals surface area contributed by atoms with Crippen molar-refractivity contribution in [3.63, 3.8) is 0 Å². The summed E-state index contributed by atoms with van der Waals surface area (Å²) >= 11 is 0. The second kappa shape index (κ2) is 49.8. The van der Waals surface area contributed by atoms with Gasteiger partial charge in [-0.05, 0) is 31.1 Å². The third-order valence-electron chi connectivity index (χ3n) is 13.3. The molecule has 0 rings (SSSR count). The Balaban J connectivity index is 4.28. The van der Waals surface area contributed by atoms with E-state index in [1.165, 1.54) is 205 Å². The Bertz CT molecular complexity index is 964. The summed E-state index contributed by atoms with van der Waals surface area (Å²) in [6.45, 7) is 11.4. The second-order valence-electron chi connectivity index (χ2n) is 20.3. The lowest BCUT2D eigenvalue weighted by Crippen LogP contribution is -2.30. The van der Waals surface area contributed by atoms with Crippen LogP contribution in [0.25, 0.3) is 0 Å². The number of hydrogen-bond acceptors (Lipinski definition) is 6. The first-order chi connectivity index (χ1) is 30.8. The van der Waals surface area contributed by atoms with Gasteiger partial charge in [-0.25, -0.2) is 0 Å². The van der Waals surface area contributed by atoms with Crippen LogP contribution in [0, 0.1) is 11.8 Å². The van der Waals surface area contributed by atoms with Crippen molar-refractivity contribution in [1.29, 1.82) is 0 Å². The zero-order valence-corrected chi connectivity index (χ0v) is 43.2. The molecule has 0 saturated heterocycles. The summed E-state index contributed by atoms with van der Waals surface area (Å²) in [7, 11) is 0. The van der Waals surface area contributed by atoms with Gasteiger partial charge < -0.3 is 14.2 Å². The zero-order chi connectivity index (χ0) is 46.1. The van der Waals surface area contributed by atoms with Crippen LogP contribution in [0.1, 0.15) is 317 Å². The Kier molecular flexibility index (Phi) is 48.6. The fourth-order valence-electron chi connectivity index (χ4n) is 8.66.